The minimum atomic E-state index is 0.0274. The average molecular weight is 449 g/mol. The molecule has 1 saturated carbocycles. The van der Waals surface area contributed by atoms with Gasteiger partial charge in [0.15, 0.2) is 6.61 Å². The van der Waals surface area contributed by atoms with Crippen molar-refractivity contribution in [1.29, 1.82) is 0 Å². The number of carbonyl (C=O) groups excluding carboxylic acids is 2. The van der Waals surface area contributed by atoms with Crippen molar-refractivity contribution in [3.8, 4) is 5.75 Å². The zero-order valence-corrected chi connectivity index (χ0v) is 19.3. The van der Waals surface area contributed by atoms with Crippen LogP contribution >= 0.6 is 0 Å². The number of likely N-dealkylation sites (tertiary alicyclic amines) is 1. The number of rotatable bonds is 5. The van der Waals surface area contributed by atoms with E-state index in [9.17, 15) is 9.59 Å². The lowest BCUT2D eigenvalue weighted by atomic mass is 9.90. The number of hydrogen-bond donors (Lipinski definition) is 0. The summed E-state index contributed by atoms with van der Waals surface area (Å²) < 4.78 is 5.66. The summed E-state index contributed by atoms with van der Waals surface area (Å²) in [6.45, 7) is 6.68. The monoisotopic (exact) mass is 448 g/mol. The maximum atomic E-state index is 13.2. The first-order valence-corrected chi connectivity index (χ1v) is 12.0. The van der Waals surface area contributed by atoms with Crippen LogP contribution in [0, 0.1) is 18.3 Å². The Bertz CT molecular complexity index is 978. The van der Waals surface area contributed by atoms with Crippen molar-refractivity contribution < 1.29 is 14.3 Å². The van der Waals surface area contributed by atoms with E-state index in [0.717, 1.165) is 57.0 Å². The van der Waals surface area contributed by atoms with Gasteiger partial charge in [0.05, 0.1) is 0 Å². The number of amides is 2. The van der Waals surface area contributed by atoms with Crippen LogP contribution in [0.5, 0.6) is 5.75 Å². The molecule has 3 fully saturated rings. The molecule has 33 heavy (non-hydrogen) atoms. The Hall–Kier alpha value is -3.09. The third-order valence-electron chi connectivity index (χ3n) is 7.55. The minimum Gasteiger partial charge on any atom is -0.484 e. The predicted octanol–water partition coefficient (Wildman–Crippen LogP) is 2.75. The SMILES string of the molecule is Cc1ccc(OCC(=O)N2CCC3(CC2)CC3C(=O)N2CCN(c3ccccn3)CC2)cc1. The van der Waals surface area contributed by atoms with Crippen LogP contribution in [0.3, 0.4) is 0 Å². The lowest BCUT2D eigenvalue weighted by Crippen LogP contribution is -2.50. The van der Waals surface area contributed by atoms with Gasteiger partial charge in [-0.3, -0.25) is 9.59 Å². The first kappa shape index (κ1) is 21.7. The third-order valence-corrected chi connectivity index (χ3v) is 7.55. The van der Waals surface area contributed by atoms with Crippen LogP contribution < -0.4 is 9.64 Å². The van der Waals surface area contributed by atoms with Crippen molar-refractivity contribution in [2.24, 2.45) is 11.3 Å². The van der Waals surface area contributed by atoms with Crippen molar-refractivity contribution in [3.05, 3.63) is 54.2 Å². The highest BCUT2D eigenvalue weighted by Gasteiger charge is 2.59. The van der Waals surface area contributed by atoms with E-state index in [1.165, 1.54) is 5.56 Å². The maximum Gasteiger partial charge on any atom is 0.260 e. The first-order valence-electron chi connectivity index (χ1n) is 12.0. The number of piperidine rings is 1. The van der Waals surface area contributed by atoms with Crippen LogP contribution in [0.25, 0.3) is 0 Å². The smallest absolute Gasteiger partial charge is 0.260 e. The van der Waals surface area contributed by atoms with E-state index >= 15 is 0 Å². The van der Waals surface area contributed by atoms with Gasteiger partial charge in [-0.15, -0.1) is 0 Å². The summed E-state index contributed by atoms with van der Waals surface area (Å²) in [5, 5.41) is 0. The third kappa shape index (κ3) is 4.68. The molecule has 3 heterocycles. The Labute approximate surface area is 195 Å². The summed E-state index contributed by atoms with van der Waals surface area (Å²) in [7, 11) is 0. The van der Waals surface area contributed by atoms with Crippen LogP contribution in [-0.4, -0.2) is 72.5 Å². The molecule has 7 heteroatoms. The van der Waals surface area contributed by atoms with Gasteiger partial charge in [0.25, 0.3) is 5.91 Å². The largest absolute Gasteiger partial charge is 0.484 e. The summed E-state index contributed by atoms with van der Waals surface area (Å²) in [6, 6.07) is 13.7. The van der Waals surface area contributed by atoms with Gasteiger partial charge in [0.2, 0.25) is 5.91 Å². The van der Waals surface area contributed by atoms with Gasteiger partial charge >= 0.3 is 0 Å². The molecule has 1 unspecified atom stereocenters. The zero-order valence-electron chi connectivity index (χ0n) is 19.3. The second-order valence-corrected chi connectivity index (χ2v) is 9.60. The fourth-order valence-corrected chi connectivity index (χ4v) is 5.24. The number of aromatic nitrogens is 1. The number of ether oxygens (including phenoxy) is 1. The van der Waals surface area contributed by atoms with Gasteiger partial charge < -0.3 is 19.4 Å². The molecule has 0 radical (unpaired) electrons. The highest BCUT2D eigenvalue weighted by molar-refractivity contribution is 5.83. The zero-order chi connectivity index (χ0) is 22.8. The summed E-state index contributed by atoms with van der Waals surface area (Å²) in [5.74, 6) is 2.16. The quantitative estimate of drug-likeness (QED) is 0.704. The molecule has 7 nitrogen and oxygen atoms in total. The molecule has 1 spiro atoms. The lowest BCUT2D eigenvalue weighted by molar-refractivity contribution is -0.136. The van der Waals surface area contributed by atoms with Gasteiger partial charge in [0, 0.05) is 51.4 Å². The molecule has 3 aliphatic rings. The standard InChI is InChI=1S/C26H32N4O3/c1-20-5-7-21(8-6-20)33-19-24(31)29-12-9-26(10-13-29)18-22(26)25(32)30-16-14-28(15-17-30)23-4-2-3-11-27-23/h2-8,11,22H,9-10,12-19H2,1H3. The molecule has 5 rings (SSSR count). The first-order chi connectivity index (χ1) is 16.0. The summed E-state index contributed by atoms with van der Waals surface area (Å²) in [6.07, 6.45) is 4.60. The van der Waals surface area contributed by atoms with Gasteiger partial charge in [-0.05, 0) is 55.9 Å². The van der Waals surface area contributed by atoms with Crippen LogP contribution in [0.15, 0.2) is 48.7 Å². The van der Waals surface area contributed by atoms with E-state index in [-0.39, 0.29) is 23.8 Å². The van der Waals surface area contributed by atoms with E-state index < -0.39 is 0 Å². The molecule has 2 saturated heterocycles. The average Bonchev–Trinajstić information content (AvgIpc) is 3.57. The lowest BCUT2D eigenvalue weighted by Gasteiger charge is -2.37. The van der Waals surface area contributed by atoms with E-state index in [1.54, 1.807) is 0 Å². The second kappa shape index (κ2) is 9.04. The van der Waals surface area contributed by atoms with Crippen molar-refractivity contribution >= 4 is 17.6 Å². The number of carbonyl (C=O) groups is 2. The highest BCUT2D eigenvalue weighted by atomic mass is 16.5. The Kier molecular flexibility index (Phi) is 5.96. The molecule has 0 bridgehead atoms. The van der Waals surface area contributed by atoms with Crippen LogP contribution in [-0.2, 0) is 9.59 Å². The number of aryl methyl sites for hydroxylation is 1. The molecule has 0 N–H and O–H groups in total. The van der Waals surface area contributed by atoms with Crippen molar-refractivity contribution in [2.45, 2.75) is 26.2 Å². The van der Waals surface area contributed by atoms with Gasteiger partial charge in [-0.25, -0.2) is 4.98 Å². The minimum absolute atomic E-state index is 0.0274. The number of anilines is 1. The van der Waals surface area contributed by atoms with E-state index in [1.807, 2.05) is 65.4 Å². The second-order valence-electron chi connectivity index (χ2n) is 9.60. The molecular weight excluding hydrogens is 416 g/mol. The Morgan fingerprint density at radius 1 is 0.970 bits per heavy atom. The highest BCUT2D eigenvalue weighted by Crippen LogP contribution is 2.60. The van der Waals surface area contributed by atoms with Gasteiger partial charge in [-0.2, -0.15) is 0 Å². The number of pyridine rings is 1. The van der Waals surface area contributed by atoms with Crippen molar-refractivity contribution in [3.63, 3.8) is 0 Å². The van der Waals surface area contributed by atoms with Crippen LogP contribution in [0.4, 0.5) is 5.82 Å². The molecule has 2 amide bonds. The summed E-state index contributed by atoms with van der Waals surface area (Å²) in [4.78, 5) is 36.4. The summed E-state index contributed by atoms with van der Waals surface area (Å²) >= 11 is 0. The summed E-state index contributed by atoms with van der Waals surface area (Å²) in [5.41, 5.74) is 1.27. The van der Waals surface area contributed by atoms with E-state index in [2.05, 4.69) is 9.88 Å². The Morgan fingerprint density at radius 2 is 1.70 bits per heavy atom. The molecular formula is C26H32N4O3. The fraction of sp³-hybridized carbons (Fsp3) is 0.500. The molecule has 1 aromatic carbocycles. The van der Waals surface area contributed by atoms with Crippen LogP contribution in [0.2, 0.25) is 0 Å². The number of nitrogens with zero attached hydrogens (tertiary/aromatic N) is 4. The Balaban J connectivity index is 1.07. The number of hydrogen-bond acceptors (Lipinski definition) is 5. The van der Waals surface area contributed by atoms with Crippen LogP contribution in [0.1, 0.15) is 24.8 Å². The Morgan fingerprint density at radius 3 is 2.36 bits per heavy atom. The molecule has 1 aliphatic carbocycles. The van der Waals surface area contributed by atoms with Crippen molar-refractivity contribution in [1.82, 2.24) is 14.8 Å². The normalized spacial score (nSPS) is 21.7. The number of benzene rings is 1. The number of piperazine rings is 1. The fourth-order valence-electron chi connectivity index (χ4n) is 5.24. The van der Waals surface area contributed by atoms with E-state index in [4.69, 9.17) is 4.74 Å². The van der Waals surface area contributed by atoms with Crippen molar-refractivity contribution in [2.75, 3.05) is 50.8 Å². The van der Waals surface area contributed by atoms with E-state index in [0.29, 0.717) is 19.0 Å². The molecule has 2 aromatic rings. The molecule has 2 aliphatic heterocycles. The maximum absolute atomic E-state index is 13.2. The molecule has 1 atom stereocenters. The van der Waals surface area contributed by atoms with Gasteiger partial charge in [0.1, 0.15) is 11.6 Å². The molecule has 1 aromatic heterocycles. The topological polar surface area (TPSA) is 66.0 Å². The molecule has 174 valence electrons. The van der Waals surface area contributed by atoms with Gasteiger partial charge in [-0.1, -0.05) is 23.8 Å². The predicted molar refractivity (Wildman–Crippen MR) is 126 cm³/mol.